The minimum absolute atomic E-state index is 0.0297. The van der Waals surface area contributed by atoms with Gasteiger partial charge in [-0.15, -0.1) is 0 Å². The summed E-state index contributed by atoms with van der Waals surface area (Å²) in [4.78, 5) is 18.2. The zero-order valence-electron chi connectivity index (χ0n) is 6.81. The Bertz CT molecular complexity index is 383. The second kappa shape index (κ2) is 3.49. The van der Waals surface area contributed by atoms with Crippen LogP contribution < -0.4 is 5.73 Å². The molecule has 0 aromatic carbocycles. The Balaban J connectivity index is 3.30. The summed E-state index contributed by atoms with van der Waals surface area (Å²) in [5.41, 5.74) is 5.17. The molecule has 6 nitrogen and oxygen atoms in total. The van der Waals surface area contributed by atoms with E-state index in [1.54, 1.807) is 6.07 Å². The molecule has 1 heterocycles. The average molecular weight is 178 g/mol. The summed E-state index contributed by atoms with van der Waals surface area (Å²) in [5.74, 6) is -0.733. The molecule has 0 aliphatic carbocycles. The molecule has 0 fully saturated rings. The van der Waals surface area contributed by atoms with Gasteiger partial charge in [-0.1, -0.05) is 0 Å². The van der Waals surface area contributed by atoms with Crippen molar-refractivity contribution in [2.75, 3.05) is 12.8 Å². The molecule has 2 N–H and O–H groups in total. The number of carbonyl (C=O) groups is 1. The van der Waals surface area contributed by atoms with Crippen LogP contribution in [0.4, 0.5) is 5.82 Å². The van der Waals surface area contributed by atoms with Crippen LogP contribution in [0.3, 0.4) is 0 Å². The zero-order valence-corrected chi connectivity index (χ0v) is 6.81. The van der Waals surface area contributed by atoms with Gasteiger partial charge in [-0.05, 0) is 0 Å². The summed E-state index contributed by atoms with van der Waals surface area (Å²) in [6.07, 6.45) is 1.10. The molecule has 0 atom stereocenters. The molecule has 0 amide bonds. The number of nitrogens with two attached hydrogens (primary N) is 1. The molecule has 1 aromatic rings. The summed E-state index contributed by atoms with van der Waals surface area (Å²) in [6.45, 7) is 0. The topological polar surface area (TPSA) is 102 Å². The van der Waals surface area contributed by atoms with Crippen LogP contribution in [0.15, 0.2) is 6.33 Å². The smallest absolute Gasteiger partial charge is 0.358 e. The van der Waals surface area contributed by atoms with Crippen molar-refractivity contribution < 1.29 is 9.53 Å². The van der Waals surface area contributed by atoms with E-state index < -0.39 is 5.97 Å². The highest BCUT2D eigenvalue weighted by atomic mass is 16.5. The van der Waals surface area contributed by atoms with Gasteiger partial charge < -0.3 is 10.5 Å². The van der Waals surface area contributed by atoms with E-state index in [-0.39, 0.29) is 17.1 Å². The van der Waals surface area contributed by atoms with Gasteiger partial charge in [0, 0.05) is 0 Å². The van der Waals surface area contributed by atoms with E-state index in [1.807, 2.05) is 0 Å². The molecule has 0 spiro atoms. The Kier molecular flexibility index (Phi) is 2.40. The second-order valence-corrected chi connectivity index (χ2v) is 2.09. The molecule has 66 valence electrons. The van der Waals surface area contributed by atoms with E-state index in [1.165, 1.54) is 7.11 Å². The highest BCUT2D eigenvalue weighted by molar-refractivity contribution is 5.91. The summed E-state index contributed by atoms with van der Waals surface area (Å²) in [6, 6.07) is 1.73. The fourth-order valence-electron chi connectivity index (χ4n) is 0.761. The summed E-state index contributed by atoms with van der Waals surface area (Å²) < 4.78 is 4.40. The van der Waals surface area contributed by atoms with Crippen LogP contribution in [0.2, 0.25) is 0 Å². The third-order valence-corrected chi connectivity index (χ3v) is 1.37. The number of nitrogen functional groups attached to an aromatic ring is 1. The SMILES string of the molecule is COC(=O)c1ncnc(N)c1C#N. The maximum Gasteiger partial charge on any atom is 0.358 e. The van der Waals surface area contributed by atoms with Crippen molar-refractivity contribution in [3.63, 3.8) is 0 Å². The van der Waals surface area contributed by atoms with Crippen molar-refractivity contribution in [3.8, 4) is 6.07 Å². The lowest BCUT2D eigenvalue weighted by atomic mass is 10.2. The van der Waals surface area contributed by atoms with Crippen molar-refractivity contribution in [1.29, 1.82) is 5.26 Å². The largest absolute Gasteiger partial charge is 0.464 e. The number of nitrogens with zero attached hydrogens (tertiary/aromatic N) is 3. The normalized spacial score (nSPS) is 8.92. The van der Waals surface area contributed by atoms with Crippen LogP contribution in [0.5, 0.6) is 0 Å². The van der Waals surface area contributed by atoms with Gasteiger partial charge in [-0.3, -0.25) is 0 Å². The minimum Gasteiger partial charge on any atom is -0.464 e. The number of esters is 1. The lowest BCUT2D eigenvalue weighted by Crippen LogP contribution is -2.10. The first kappa shape index (κ1) is 8.93. The lowest BCUT2D eigenvalue weighted by molar-refractivity contribution is 0.0593. The molecule has 0 aliphatic rings. The lowest BCUT2D eigenvalue weighted by Gasteiger charge is -2.00. The van der Waals surface area contributed by atoms with Gasteiger partial charge in [0.2, 0.25) is 0 Å². The van der Waals surface area contributed by atoms with Crippen LogP contribution in [-0.2, 0) is 4.74 Å². The van der Waals surface area contributed by atoms with Crippen molar-refractivity contribution in [1.82, 2.24) is 9.97 Å². The number of hydrogen-bond acceptors (Lipinski definition) is 6. The van der Waals surface area contributed by atoms with Gasteiger partial charge in [0.1, 0.15) is 23.8 Å². The number of hydrogen-bond donors (Lipinski definition) is 1. The number of methoxy groups -OCH3 is 1. The van der Waals surface area contributed by atoms with Crippen LogP contribution in [0, 0.1) is 11.3 Å². The molecule has 1 aromatic heterocycles. The molecule has 6 heteroatoms. The first-order chi connectivity index (χ1) is 6.20. The Hall–Kier alpha value is -2.16. The molecule has 0 aliphatic heterocycles. The van der Waals surface area contributed by atoms with Crippen LogP contribution in [-0.4, -0.2) is 23.0 Å². The molecular weight excluding hydrogens is 172 g/mol. The number of carbonyl (C=O) groups excluding carboxylic acids is 1. The predicted octanol–water partition coefficient (Wildman–Crippen LogP) is -0.283. The van der Waals surface area contributed by atoms with Gasteiger partial charge in [0.05, 0.1) is 7.11 Å². The molecular formula is C7H6N4O2. The predicted molar refractivity (Wildman–Crippen MR) is 42.5 cm³/mol. The Morgan fingerprint density at radius 3 is 2.92 bits per heavy atom. The maximum atomic E-state index is 11.0. The fraction of sp³-hybridized carbons (Fsp3) is 0.143. The van der Waals surface area contributed by atoms with E-state index in [0.29, 0.717) is 0 Å². The van der Waals surface area contributed by atoms with Crippen LogP contribution >= 0.6 is 0 Å². The summed E-state index contributed by atoms with van der Waals surface area (Å²) in [7, 11) is 1.20. The molecule has 0 bridgehead atoms. The third kappa shape index (κ3) is 1.54. The molecule has 0 radical (unpaired) electrons. The fourth-order valence-corrected chi connectivity index (χ4v) is 0.761. The number of rotatable bonds is 1. The van der Waals surface area contributed by atoms with Gasteiger partial charge in [0.15, 0.2) is 5.69 Å². The summed E-state index contributed by atoms with van der Waals surface area (Å²) in [5, 5.41) is 8.63. The second-order valence-electron chi connectivity index (χ2n) is 2.09. The average Bonchev–Trinajstić information content (AvgIpc) is 2.16. The van der Waals surface area contributed by atoms with Gasteiger partial charge in [-0.25, -0.2) is 14.8 Å². The minimum atomic E-state index is -0.703. The van der Waals surface area contributed by atoms with E-state index in [0.717, 1.165) is 6.33 Å². The van der Waals surface area contributed by atoms with Crippen LogP contribution in [0.25, 0.3) is 0 Å². The highest BCUT2D eigenvalue weighted by Crippen LogP contribution is 2.10. The van der Waals surface area contributed by atoms with E-state index in [9.17, 15) is 4.79 Å². The first-order valence-electron chi connectivity index (χ1n) is 3.29. The Morgan fingerprint density at radius 2 is 2.38 bits per heavy atom. The number of nitriles is 1. The van der Waals surface area contributed by atoms with Crippen molar-refractivity contribution >= 4 is 11.8 Å². The monoisotopic (exact) mass is 178 g/mol. The van der Waals surface area contributed by atoms with E-state index in [4.69, 9.17) is 11.0 Å². The molecule has 0 saturated heterocycles. The number of aromatic nitrogens is 2. The molecule has 1 rings (SSSR count). The highest BCUT2D eigenvalue weighted by Gasteiger charge is 2.16. The number of ether oxygens (including phenoxy) is 1. The molecule has 0 saturated carbocycles. The van der Waals surface area contributed by atoms with E-state index in [2.05, 4.69) is 14.7 Å². The first-order valence-corrected chi connectivity index (χ1v) is 3.29. The van der Waals surface area contributed by atoms with Gasteiger partial charge >= 0.3 is 5.97 Å². The quantitative estimate of drug-likeness (QED) is 0.593. The van der Waals surface area contributed by atoms with Gasteiger partial charge in [-0.2, -0.15) is 5.26 Å². The van der Waals surface area contributed by atoms with Crippen molar-refractivity contribution in [3.05, 3.63) is 17.6 Å². The Morgan fingerprint density at radius 1 is 1.69 bits per heavy atom. The summed E-state index contributed by atoms with van der Waals surface area (Å²) >= 11 is 0. The van der Waals surface area contributed by atoms with Crippen molar-refractivity contribution in [2.24, 2.45) is 0 Å². The standard InChI is InChI=1S/C7H6N4O2/c1-13-7(12)5-4(2-8)6(9)11-3-10-5/h3H,1H3,(H2,9,10,11). The van der Waals surface area contributed by atoms with E-state index >= 15 is 0 Å². The molecule has 0 unspecified atom stereocenters. The van der Waals surface area contributed by atoms with Gasteiger partial charge in [0.25, 0.3) is 0 Å². The van der Waals surface area contributed by atoms with Crippen molar-refractivity contribution in [2.45, 2.75) is 0 Å². The third-order valence-electron chi connectivity index (χ3n) is 1.37. The Labute approximate surface area is 74.0 Å². The molecule has 13 heavy (non-hydrogen) atoms. The van der Waals surface area contributed by atoms with Crippen LogP contribution in [0.1, 0.15) is 16.1 Å². The number of anilines is 1. The maximum absolute atomic E-state index is 11.0. The zero-order chi connectivity index (χ0) is 9.84.